The van der Waals surface area contributed by atoms with Gasteiger partial charge in [0.1, 0.15) is 0 Å². The summed E-state index contributed by atoms with van der Waals surface area (Å²) in [5.41, 5.74) is 2.99. The van der Waals surface area contributed by atoms with Gasteiger partial charge in [-0.05, 0) is 54.4 Å². The number of aliphatic hydroxyl groups excluding tert-OH is 1. The number of halogens is 2. The smallest absolute Gasteiger partial charge is 0.0747 e. The Morgan fingerprint density at radius 1 is 1.05 bits per heavy atom. The van der Waals surface area contributed by atoms with Crippen molar-refractivity contribution in [3.63, 3.8) is 0 Å². The molecule has 19 heavy (non-hydrogen) atoms. The van der Waals surface area contributed by atoms with Gasteiger partial charge in [-0.15, -0.1) is 0 Å². The van der Waals surface area contributed by atoms with Crippen LogP contribution in [0.4, 0.5) is 5.69 Å². The molecule has 0 saturated carbocycles. The van der Waals surface area contributed by atoms with Gasteiger partial charge >= 0.3 is 0 Å². The van der Waals surface area contributed by atoms with Crippen LogP contribution in [0.25, 0.3) is 0 Å². The minimum Gasteiger partial charge on any atom is -0.394 e. The summed E-state index contributed by atoms with van der Waals surface area (Å²) in [5.74, 6) is 0. The van der Waals surface area contributed by atoms with Crippen molar-refractivity contribution in [2.75, 3.05) is 11.9 Å². The zero-order chi connectivity index (χ0) is 13.8. The number of anilines is 1. The summed E-state index contributed by atoms with van der Waals surface area (Å²) in [6.07, 6.45) is 0. The van der Waals surface area contributed by atoms with E-state index in [2.05, 4.69) is 5.32 Å². The third-order valence-electron chi connectivity index (χ3n) is 2.97. The van der Waals surface area contributed by atoms with Gasteiger partial charge in [0.15, 0.2) is 0 Å². The third kappa shape index (κ3) is 3.63. The van der Waals surface area contributed by atoms with Gasteiger partial charge in [-0.25, -0.2) is 0 Å². The topological polar surface area (TPSA) is 32.3 Å². The van der Waals surface area contributed by atoms with Crippen LogP contribution in [0.3, 0.4) is 0 Å². The van der Waals surface area contributed by atoms with Crippen molar-refractivity contribution in [2.45, 2.75) is 13.0 Å². The third-order valence-corrected chi connectivity index (χ3v) is 3.46. The molecule has 0 saturated heterocycles. The molecule has 0 heterocycles. The van der Waals surface area contributed by atoms with Crippen LogP contribution >= 0.6 is 23.2 Å². The maximum atomic E-state index is 9.57. The molecule has 0 amide bonds. The predicted molar refractivity (Wildman–Crippen MR) is 81.1 cm³/mol. The zero-order valence-corrected chi connectivity index (χ0v) is 12.0. The number of aryl methyl sites for hydroxylation is 1. The van der Waals surface area contributed by atoms with Crippen molar-refractivity contribution in [3.8, 4) is 0 Å². The lowest BCUT2D eigenvalue weighted by Crippen LogP contribution is -2.15. The average molecular weight is 296 g/mol. The molecule has 0 aliphatic rings. The molecule has 0 spiro atoms. The largest absolute Gasteiger partial charge is 0.394 e. The Morgan fingerprint density at radius 3 is 2.26 bits per heavy atom. The maximum Gasteiger partial charge on any atom is 0.0747 e. The van der Waals surface area contributed by atoms with Crippen molar-refractivity contribution < 1.29 is 5.11 Å². The molecular weight excluding hydrogens is 281 g/mol. The van der Waals surface area contributed by atoms with Gasteiger partial charge in [0.05, 0.1) is 12.6 Å². The highest BCUT2D eigenvalue weighted by atomic mass is 35.5. The first-order valence-corrected chi connectivity index (χ1v) is 6.75. The summed E-state index contributed by atoms with van der Waals surface area (Å²) in [7, 11) is 0. The first-order chi connectivity index (χ1) is 9.10. The van der Waals surface area contributed by atoms with Crippen molar-refractivity contribution in [1.82, 2.24) is 0 Å². The van der Waals surface area contributed by atoms with E-state index in [1.54, 1.807) is 0 Å². The summed E-state index contributed by atoms with van der Waals surface area (Å²) in [4.78, 5) is 0. The molecule has 0 aliphatic heterocycles. The molecule has 0 aromatic heterocycles. The maximum absolute atomic E-state index is 9.57. The summed E-state index contributed by atoms with van der Waals surface area (Å²) in [6.45, 7) is 1.98. The van der Waals surface area contributed by atoms with E-state index >= 15 is 0 Å². The molecule has 2 N–H and O–H groups in total. The molecule has 0 fully saturated rings. The standard InChI is InChI=1S/C15H15Cl2NO/c1-10-8-12(17)4-7-14(10)15(9-19)18-13-5-2-11(16)3-6-13/h2-8,15,18-19H,9H2,1H3. The number of hydrogen-bond donors (Lipinski definition) is 2. The van der Waals surface area contributed by atoms with E-state index in [1.165, 1.54) is 0 Å². The number of hydrogen-bond acceptors (Lipinski definition) is 2. The Balaban J connectivity index is 2.22. The second-order valence-electron chi connectivity index (χ2n) is 4.39. The molecule has 100 valence electrons. The van der Waals surface area contributed by atoms with Gasteiger partial charge in [0.2, 0.25) is 0 Å². The number of rotatable bonds is 4. The Morgan fingerprint density at radius 2 is 1.68 bits per heavy atom. The molecule has 0 bridgehead atoms. The van der Waals surface area contributed by atoms with Crippen LogP contribution in [0.1, 0.15) is 17.2 Å². The fourth-order valence-electron chi connectivity index (χ4n) is 2.00. The Kier molecular flexibility index (Phi) is 4.70. The number of benzene rings is 2. The van der Waals surface area contributed by atoms with Crippen molar-refractivity contribution in [3.05, 3.63) is 63.6 Å². The number of nitrogens with one attached hydrogen (secondary N) is 1. The monoisotopic (exact) mass is 295 g/mol. The molecule has 1 atom stereocenters. The lowest BCUT2D eigenvalue weighted by atomic mass is 10.0. The van der Waals surface area contributed by atoms with E-state index in [-0.39, 0.29) is 12.6 Å². The average Bonchev–Trinajstić information content (AvgIpc) is 2.39. The first kappa shape index (κ1) is 14.2. The summed E-state index contributed by atoms with van der Waals surface area (Å²) in [5, 5.41) is 14.2. The SMILES string of the molecule is Cc1cc(Cl)ccc1C(CO)Nc1ccc(Cl)cc1. The van der Waals surface area contributed by atoms with Crippen LogP contribution in [0.15, 0.2) is 42.5 Å². The molecule has 2 aromatic rings. The molecular formula is C15H15Cl2NO. The molecule has 4 heteroatoms. The normalized spacial score (nSPS) is 12.2. The summed E-state index contributed by atoms with van der Waals surface area (Å²) in [6, 6.07) is 12.9. The van der Waals surface area contributed by atoms with Gasteiger partial charge in [0, 0.05) is 15.7 Å². The molecule has 2 aromatic carbocycles. The van der Waals surface area contributed by atoms with Gasteiger partial charge < -0.3 is 10.4 Å². The van der Waals surface area contributed by atoms with E-state index in [0.717, 1.165) is 16.8 Å². The lowest BCUT2D eigenvalue weighted by molar-refractivity contribution is 0.276. The first-order valence-electron chi connectivity index (χ1n) is 5.99. The zero-order valence-electron chi connectivity index (χ0n) is 10.5. The second-order valence-corrected chi connectivity index (χ2v) is 5.26. The highest BCUT2D eigenvalue weighted by Gasteiger charge is 2.12. The van der Waals surface area contributed by atoms with E-state index in [1.807, 2.05) is 49.4 Å². The fourth-order valence-corrected chi connectivity index (χ4v) is 2.35. The summed E-state index contributed by atoms with van der Waals surface area (Å²) >= 11 is 11.8. The van der Waals surface area contributed by atoms with E-state index in [4.69, 9.17) is 23.2 Å². The summed E-state index contributed by atoms with van der Waals surface area (Å²) < 4.78 is 0. The van der Waals surface area contributed by atoms with Gasteiger partial charge in [-0.2, -0.15) is 0 Å². The van der Waals surface area contributed by atoms with E-state index < -0.39 is 0 Å². The number of aliphatic hydroxyl groups is 1. The van der Waals surface area contributed by atoms with Gasteiger partial charge in [-0.3, -0.25) is 0 Å². The van der Waals surface area contributed by atoms with Crippen molar-refractivity contribution >= 4 is 28.9 Å². The van der Waals surface area contributed by atoms with E-state index in [9.17, 15) is 5.11 Å². The quantitative estimate of drug-likeness (QED) is 0.873. The second kappa shape index (κ2) is 6.29. The van der Waals surface area contributed by atoms with Crippen molar-refractivity contribution in [2.24, 2.45) is 0 Å². The minimum absolute atomic E-state index is 0.00506. The van der Waals surface area contributed by atoms with Gasteiger partial charge in [-0.1, -0.05) is 29.3 Å². The minimum atomic E-state index is -0.168. The predicted octanol–water partition coefficient (Wildman–Crippen LogP) is 4.45. The lowest BCUT2D eigenvalue weighted by Gasteiger charge is -2.20. The van der Waals surface area contributed by atoms with Crippen LogP contribution in [-0.4, -0.2) is 11.7 Å². The molecule has 0 radical (unpaired) electrons. The highest BCUT2D eigenvalue weighted by Crippen LogP contribution is 2.25. The van der Waals surface area contributed by atoms with E-state index in [0.29, 0.717) is 10.0 Å². The Bertz CT molecular complexity index is 555. The van der Waals surface area contributed by atoms with Gasteiger partial charge in [0.25, 0.3) is 0 Å². The fraction of sp³-hybridized carbons (Fsp3) is 0.200. The Labute approximate surface area is 123 Å². The highest BCUT2D eigenvalue weighted by molar-refractivity contribution is 6.30. The Hall–Kier alpha value is -1.22. The molecule has 2 rings (SSSR count). The van der Waals surface area contributed by atoms with Crippen LogP contribution in [0.5, 0.6) is 0 Å². The van der Waals surface area contributed by atoms with Crippen LogP contribution in [0, 0.1) is 6.92 Å². The van der Waals surface area contributed by atoms with Crippen LogP contribution in [0.2, 0.25) is 10.0 Å². The van der Waals surface area contributed by atoms with Crippen LogP contribution < -0.4 is 5.32 Å². The molecule has 2 nitrogen and oxygen atoms in total. The van der Waals surface area contributed by atoms with Crippen molar-refractivity contribution in [1.29, 1.82) is 0 Å². The molecule has 0 aliphatic carbocycles. The van der Waals surface area contributed by atoms with Crippen LogP contribution in [-0.2, 0) is 0 Å². The molecule has 1 unspecified atom stereocenters.